The van der Waals surface area contributed by atoms with E-state index in [1.165, 1.54) is 6.07 Å². The molecule has 5 nitrogen and oxygen atoms in total. The molecule has 1 aliphatic rings. The Morgan fingerprint density at radius 3 is 2.80 bits per heavy atom. The van der Waals surface area contributed by atoms with Crippen LogP contribution in [0.4, 0.5) is 4.39 Å². The van der Waals surface area contributed by atoms with Crippen molar-refractivity contribution in [2.45, 2.75) is 32.6 Å². The van der Waals surface area contributed by atoms with E-state index in [1.807, 2.05) is 26.0 Å². The number of guanidine groups is 1. The lowest BCUT2D eigenvalue weighted by molar-refractivity contribution is 0.571. The number of rotatable bonds is 2. The van der Waals surface area contributed by atoms with Crippen LogP contribution >= 0.6 is 12.4 Å². The maximum atomic E-state index is 14.3. The Morgan fingerprint density at radius 2 is 2.08 bits per heavy atom. The second-order valence-electron chi connectivity index (χ2n) is 6.16. The number of nitrogens with two attached hydrogens (primary N) is 1. The summed E-state index contributed by atoms with van der Waals surface area (Å²) < 4.78 is 14.3. The summed E-state index contributed by atoms with van der Waals surface area (Å²) >= 11 is 0. The highest BCUT2D eigenvalue weighted by Gasteiger charge is 2.29. The Bertz CT molecular complexity index is 834. The van der Waals surface area contributed by atoms with Crippen molar-refractivity contribution < 1.29 is 4.39 Å². The Hall–Kier alpha value is -2.47. The molecule has 1 aromatic heterocycles. The van der Waals surface area contributed by atoms with Gasteiger partial charge in [-0.1, -0.05) is 17.7 Å². The maximum Gasteiger partial charge on any atom is 0.206 e. The second kappa shape index (κ2) is 7.61. The molecule has 1 atom stereocenters. The van der Waals surface area contributed by atoms with Crippen molar-refractivity contribution in [1.82, 2.24) is 10.4 Å². The average molecular weight is 362 g/mol. The van der Waals surface area contributed by atoms with Crippen LogP contribution in [0.1, 0.15) is 40.3 Å². The highest BCUT2D eigenvalue weighted by Crippen LogP contribution is 2.34. The van der Waals surface area contributed by atoms with Crippen molar-refractivity contribution in [3.05, 3.63) is 64.2 Å². The van der Waals surface area contributed by atoms with Crippen LogP contribution in [0, 0.1) is 25.1 Å². The molecule has 0 spiro atoms. The minimum Gasteiger partial charge on any atom is -0.369 e. The summed E-state index contributed by atoms with van der Waals surface area (Å²) in [6, 6.07) is 7.09. The van der Waals surface area contributed by atoms with Crippen LogP contribution in [-0.2, 0) is 6.42 Å². The lowest BCUT2D eigenvalue weighted by Crippen LogP contribution is -2.29. The zero-order chi connectivity index (χ0) is 17.3. The molecule has 25 heavy (non-hydrogen) atoms. The van der Waals surface area contributed by atoms with Crippen molar-refractivity contribution in [1.29, 1.82) is 5.41 Å². The molecule has 0 saturated heterocycles. The minimum atomic E-state index is -0.227. The van der Waals surface area contributed by atoms with Gasteiger partial charge in [0.05, 0.1) is 11.4 Å². The van der Waals surface area contributed by atoms with Gasteiger partial charge in [-0.2, -0.15) is 5.10 Å². The highest BCUT2D eigenvalue weighted by atomic mass is 35.5. The van der Waals surface area contributed by atoms with Crippen molar-refractivity contribution in [3.63, 3.8) is 0 Å². The number of aryl methyl sites for hydroxylation is 2. The lowest BCUT2D eigenvalue weighted by Gasteiger charge is -2.27. The zero-order valence-electron chi connectivity index (χ0n) is 14.1. The van der Waals surface area contributed by atoms with E-state index >= 15 is 0 Å². The van der Waals surface area contributed by atoms with Gasteiger partial charge >= 0.3 is 0 Å². The van der Waals surface area contributed by atoms with E-state index < -0.39 is 0 Å². The van der Waals surface area contributed by atoms with Crippen LogP contribution in [0.25, 0.3) is 0 Å². The molecule has 1 aliphatic carbocycles. The van der Waals surface area contributed by atoms with E-state index in [2.05, 4.69) is 15.5 Å². The third kappa shape index (κ3) is 3.96. The number of hydrogen-bond acceptors (Lipinski definition) is 3. The number of aromatic nitrogens is 1. The fourth-order valence-electron chi connectivity index (χ4n) is 3.23. The van der Waals surface area contributed by atoms with Gasteiger partial charge in [0.25, 0.3) is 0 Å². The molecule has 7 heteroatoms. The monoisotopic (exact) mass is 361 g/mol. The standard InChI is InChI=1S/C18H20FN5.ClH/c1-10-3-4-14(19)13(7-10)12-8-15-17(11(2)5-6-22-15)16(9-12)23-24-18(20)21;/h3-7,12H,8-9H2,1-2H3,(H4,20,21,24);1H. The van der Waals surface area contributed by atoms with Gasteiger partial charge in [0.2, 0.25) is 5.96 Å². The van der Waals surface area contributed by atoms with Crippen LogP contribution in [0.2, 0.25) is 0 Å². The number of hydrazone groups is 1. The van der Waals surface area contributed by atoms with E-state index in [1.54, 1.807) is 12.3 Å². The summed E-state index contributed by atoms with van der Waals surface area (Å²) in [6.45, 7) is 3.95. The minimum absolute atomic E-state index is 0. The predicted molar refractivity (Wildman–Crippen MR) is 100 cm³/mol. The van der Waals surface area contributed by atoms with Crippen molar-refractivity contribution in [2.75, 3.05) is 0 Å². The maximum absolute atomic E-state index is 14.3. The number of pyridine rings is 1. The molecule has 0 amide bonds. The SMILES string of the molecule is Cc1ccc(F)c(C2CC(=NNC(=N)N)c3c(C)ccnc3C2)c1.Cl. The number of nitrogens with zero attached hydrogens (tertiary/aromatic N) is 2. The van der Waals surface area contributed by atoms with Gasteiger partial charge in [0, 0.05) is 11.8 Å². The molecule has 132 valence electrons. The Balaban J connectivity index is 0.00000225. The summed E-state index contributed by atoms with van der Waals surface area (Å²) in [5.74, 6) is -0.478. The van der Waals surface area contributed by atoms with E-state index in [9.17, 15) is 4.39 Å². The van der Waals surface area contributed by atoms with Crippen LogP contribution in [0.5, 0.6) is 0 Å². The number of benzene rings is 1. The Kier molecular flexibility index (Phi) is 5.74. The van der Waals surface area contributed by atoms with Crippen molar-refractivity contribution in [2.24, 2.45) is 10.8 Å². The molecule has 2 aromatic rings. The summed E-state index contributed by atoms with van der Waals surface area (Å²) in [4.78, 5) is 4.47. The van der Waals surface area contributed by atoms with Gasteiger partial charge in [0.1, 0.15) is 5.82 Å². The molecule has 0 saturated carbocycles. The Labute approximate surface area is 152 Å². The van der Waals surface area contributed by atoms with E-state index in [-0.39, 0.29) is 30.1 Å². The molecule has 1 heterocycles. The first-order valence-corrected chi connectivity index (χ1v) is 7.83. The van der Waals surface area contributed by atoms with Crippen molar-refractivity contribution >= 4 is 24.1 Å². The van der Waals surface area contributed by atoms with Gasteiger partial charge in [-0.25, -0.2) is 9.82 Å². The quantitative estimate of drug-likeness (QED) is 0.436. The third-order valence-electron chi connectivity index (χ3n) is 4.31. The molecule has 0 fully saturated rings. The molecule has 1 unspecified atom stereocenters. The molecule has 0 radical (unpaired) electrons. The first kappa shape index (κ1) is 18.9. The van der Waals surface area contributed by atoms with Crippen LogP contribution in [-0.4, -0.2) is 16.7 Å². The van der Waals surface area contributed by atoms with Crippen LogP contribution in [0.15, 0.2) is 35.6 Å². The number of nitrogens with one attached hydrogen (secondary N) is 2. The van der Waals surface area contributed by atoms with Gasteiger partial charge in [-0.3, -0.25) is 10.4 Å². The summed E-state index contributed by atoms with van der Waals surface area (Å²) in [5.41, 5.74) is 13.2. The largest absolute Gasteiger partial charge is 0.369 e. The summed E-state index contributed by atoms with van der Waals surface area (Å²) in [6.07, 6.45) is 3.00. The first-order valence-electron chi connectivity index (χ1n) is 7.83. The molecule has 4 N–H and O–H groups in total. The van der Waals surface area contributed by atoms with Gasteiger partial charge in [-0.15, -0.1) is 12.4 Å². The summed E-state index contributed by atoms with van der Waals surface area (Å²) in [5, 5.41) is 11.6. The normalized spacial score (nSPS) is 17.6. The lowest BCUT2D eigenvalue weighted by atomic mass is 9.79. The molecule has 0 bridgehead atoms. The number of hydrogen-bond donors (Lipinski definition) is 3. The molecule has 0 aliphatic heterocycles. The van der Waals surface area contributed by atoms with Crippen LogP contribution in [0.3, 0.4) is 0 Å². The topological polar surface area (TPSA) is 87.2 Å². The molecular formula is C18H21ClFN5. The fraction of sp³-hybridized carbons (Fsp3) is 0.278. The average Bonchev–Trinajstić information content (AvgIpc) is 2.54. The van der Waals surface area contributed by atoms with Crippen LogP contribution < -0.4 is 11.2 Å². The molecular weight excluding hydrogens is 341 g/mol. The number of halogens is 2. The predicted octanol–water partition coefficient (Wildman–Crippen LogP) is 3.18. The van der Waals surface area contributed by atoms with Crippen molar-refractivity contribution in [3.8, 4) is 0 Å². The second-order valence-corrected chi connectivity index (χ2v) is 6.16. The van der Waals surface area contributed by atoms with E-state index in [0.29, 0.717) is 18.4 Å². The van der Waals surface area contributed by atoms with Gasteiger partial charge in [-0.05, 0) is 55.9 Å². The molecule has 1 aromatic carbocycles. The first-order chi connectivity index (χ1) is 11.5. The zero-order valence-corrected chi connectivity index (χ0v) is 15.0. The Morgan fingerprint density at radius 1 is 1.32 bits per heavy atom. The molecule has 3 rings (SSSR count). The van der Waals surface area contributed by atoms with E-state index in [0.717, 1.165) is 28.1 Å². The van der Waals surface area contributed by atoms with Gasteiger partial charge in [0.15, 0.2) is 0 Å². The van der Waals surface area contributed by atoms with E-state index in [4.69, 9.17) is 11.1 Å². The van der Waals surface area contributed by atoms with Gasteiger partial charge < -0.3 is 5.73 Å². The summed E-state index contributed by atoms with van der Waals surface area (Å²) in [7, 11) is 0. The fourth-order valence-corrected chi connectivity index (χ4v) is 3.23. The number of fused-ring (bicyclic) bond motifs is 1. The highest BCUT2D eigenvalue weighted by molar-refractivity contribution is 6.04. The smallest absolute Gasteiger partial charge is 0.206 e. The third-order valence-corrected chi connectivity index (χ3v) is 4.31.